The number of nitrogens with one attached hydrogen (secondary N) is 2. The predicted molar refractivity (Wildman–Crippen MR) is 130 cm³/mol. The van der Waals surface area contributed by atoms with Crippen LogP contribution in [0.2, 0.25) is 0 Å². The van der Waals surface area contributed by atoms with E-state index < -0.39 is 0 Å². The van der Waals surface area contributed by atoms with Gasteiger partial charge in [-0.3, -0.25) is 0 Å². The first-order valence-electron chi connectivity index (χ1n) is 11.3. The van der Waals surface area contributed by atoms with Crippen molar-refractivity contribution in [1.29, 1.82) is 0 Å². The third-order valence-electron chi connectivity index (χ3n) is 6.19. The molecule has 0 amide bonds. The number of rotatable bonds is 8. The Bertz CT molecular complexity index is 1050. The molecule has 0 aliphatic heterocycles. The van der Waals surface area contributed by atoms with Gasteiger partial charge in [0.05, 0.1) is 12.6 Å². The summed E-state index contributed by atoms with van der Waals surface area (Å²) in [7, 11) is 5.60. The van der Waals surface area contributed by atoms with E-state index in [9.17, 15) is 5.11 Å². The third-order valence-corrected chi connectivity index (χ3v) is 6.19. The molecule has 1 fully saturated rings. The van der Waals surface area contributed by atoms with Crippen LogP contribution < -0.4 is 20.3 Å². The molecule has 2 aromatic carbocycles. The standard InChI is InChI=1S/C25H33N5O2/c1-30(2)24-20-6-4-5-7-21(20)28-25(29-24)27-19-11-8-17(9-12-19)15-26-16-18-10-13-23(32-3)22(31)14-18/h4-7,10,13-14,17,19,26,31H,8-9,11-12,15-16H2,1-3H3,(H,27,28,29)/t17-,19+. The summed E-state index contributed by atoms with van der Waals surface area (Å²) in [6.45, 7) is 1.73. The Kier molecular flexibility index (Phi) is 6.95. The van der Waals surface area contributed by atoms with Gasteiger partial charge < -0.3 is 25.4 Å². The Labute approximate surface area is 189 Å². The second-order valence-corrected chi connectivity index (χ2v) is 8.78. The lowest BCUT2D eigenvalue weighted by atomic mass is 9.86. The Morgan fingerprint density at radius 2 is 1.84 bits per heavy atom. The van der Waals surface area contributed by atoms with E-state index in [1.807, 2.05) is 43.3 Å². The minimum atomic E-state index is 0.187. The first-order valence-corrected chi connectivity index (χ1v) is 11.3. The monoisotopic (exact) mass is 435 g/mol. The number of phenols is 1. The summed E-state index contributed by atoms with van der Waals surface area (Å²) in [6.07, 6.45) is 4.58. The number of hydrogen-bond acceptors (Lipinski definition) is 7. The predicted octanol–water partition coefficient (Wildman–Crippen LogP) is 4.17. The van der Waals surface area contributed by atoms with Gasteiger partial charge in [0.15, 0.2) is 11.5 Å². The summed E-state index contributed by atoms with van der Waals surface area (Å²) in [6, 6.07) is 14.1. The molecular formula is C25H33N5O2. The zero-order chi connectivity index (χ0) is 22.5. The first-order chi connectivity index (χ1) is 15.5. The molecule has 0 bridgehead atoms. The third kappa shape index (κ3) is 5.22. The lowest BCUT2D eigenvalue weighted by Crippen LogP contribution is -2.31. The van der Waals surface area contributed by atoms with Gasteiger partial charge in [-0.1, -0.05) is 18.2 Å². The molecule has 32 heavy (non-hydrogen) atoms. The number of phenolic OH excluding ortho intramolecular Hbond substituents is 1. The lowest BCUT2D eigenvalue weighted by Gasteiger charge is -2.29. The van der Waals surface area contributed by atoms with Gasteiger partial charge in [-0.15, -0.1) is 0 Å². The van der Waals surface area contributed by atoms with E-state index in [0.29, 0.717) is 23.7 Å². The largest absolute Gasteiger partial charge is 0.504 e. The van der Waals surface area contributed by atoms with Crippen molar-refractivity contribution in [2.45, 2.75) is 38.3 Å². The van der Waals surface area contributed by atoms with E-state index in [-0.39, 0.29) is 5.75 Å². The molecule has 0 spiro atoms. The summed E-state index contributed by atoms with van der Waals surface area (Å²) in [5.74, 6) is 3.02. The molecule has 1 saturated carbocycles. The number of ether oxygens (including phenoxy) is 1. The van der Waals surface area contributed by atoms with Crippen molar-refractivity contribution < 1.29 is 9.84 Å². The highest BCUT2D eigenvalue weighted by atomic mass is 16.5. The molecule has 170 valence electrons. The molecule has 1 aliphatic carbocycles. The molecule has 1 heterocycles. The molecule has 4 rings (SSSR count). The highest BCUT2D eigenvalue weighted by Gasteiger charge is 2.22. The van der Waals surface area contributed by atoms with E-state index in [2.05, 4.69) is 16.7 Å². The van der Waals surface area contributed by atoms with Crippen molar-refractivity contribution in [1.82, 2.24) is 15.3 Å². The fourth-order valence-electron chi connectivity index (χ4n) is 4.42. The minimum Gasteiger partial charge on any atom is -0.504 e. The van der Waals surface area contributed by atoms with E-state index in [4.69, 9.17) is 14.7 Å². The number of anilines is 2. The van der Waals surface area contributed by atoms with Crippen LogP contribution in [-0.4, -0.2) is 48.9 Å². The number of hydrogen-bond donors (Lipinski definition) is 3. The van der Waals surface area contributed by atoms with E-state index in [0.717, 1.165) is 48.2 Å². The van der Waals surface area contributed by atoms with Crippen LogP contribution in [0, 0.1) is 5.92 Å². The highest BCUT2D eigenvalue weighted by Crippen LogP contribution is 2.29. The maximum atomic E-state index is 9.92. The van der Waals surface area contributed by atoms with E-state index >= 15 is 0 Å². The lowest BCUT2D eigenvalue weighted by molar-refractivity contribution is 0.323. The van der Waals surface area contributed by atoms with Crippen LogP contribution in [0.3, 0.4) is 0 Å². The van der Waals surface area contributed by atoms with Gasteiger partial charge in [0.2, 0.25) is 5.95 Å². The van der Waals surface area contributed by atoms with E-state index in [1.54, 1.807) is 19.2 Å². The molecule has 0 saturated heterocycles. The minimum absolute atomic E-state index is 0.187. The summed E-state index contributed by atoms with van der Waals surface area (Å²) in [4.78, 5) is 11.6. The number of nitrogens with zero attached hydrogens (tertiary/aromatic N) is 3. The second kappa shape index (κ2) is 10.0. The Hall–Kier alpha value is -3.06. The van der Waals surface area contributed by atoms with Crippen LogP contribution in [0.4, 0.5) is 11.8 Å². The van der Waals surface area contributed by atoms with Crippen molar-refractivity contribution in [3.63, 3.8) is 0 Å². The average Bonchev–Trinajstić information content (AvgIpc) is 2.80. The second-order valence-electron chi connectivity index (χ2n) is 8.78. The molecule has 7 heteroatoms. The van der Waals surface area contributed by atoms with Crippen LogP contribution in [0.25, 0.3) is 10.9 Å². The van der Waals surface area contributed by atoms with Gasteiger partial charge in [0.1, 0.15) is 5.82 Å². The Balaban J connectivity index is 1.27. The van der Waals surface area contributed by atoms with Crippen molar-refractivity contribution in [3.05, 3.63) is 48.0 Å². The van der Waals surface area contributed by atoms with Gasteiger partial charge in [0, 0.05) is 32.1 Å². The number of benzene rings is 2. The average molecular weight is 436 g/mol. The molecule has 1 aromatic heterocycles. The van der Waals surface area contributed by atoms with Gasteiger partial charge >= 0.3 is 0 Å². The maximum Gasteiger partial charge on any atom is 0.225 e. The van der Waals surface area contributed by atoms with Crippen LogP contribution in [0.1, 0.15) is 31.2 Å². The SMILES string of the molecule is COc1ccc(CNC[C@H]2CC[C@@H](Nc3nc(N(C)C)c4ccccc4n3)CC2)cc1O. The van der Waals surface area contributed by atoms with Gasteiger partial charge in [-0.05, 0) is 68.0 Å². The van der Waals surface area contributed by atoms with Gasteiger partial charge in [-0.2, -0.15) is 4.98 Å². The summed E-state index contributed by atoms with van der Waals surface area (Å²) in [5, 5.41) is 18.1. The van der Waals surface area contributed by atoms with Crippen LogP contribution >= 0.6 is 0 Å². The normalized spacial score (nSPS) is 18.5. The molecule has 0 atom stereocenters. The van der Waals surface area contributed by atoms with Gasteiger partial charge in [0.25, 0.3) is 0 Å². The van der Waals surface area contributed by atoms with Crippen molar-refractivity contribution in [3.8, 4) is 11.5 Å². The molecule has 7 nitrogen and oxygen atoms in total. The topological polar surface area (TPSA) is 82.5 Å². The highest BCUT2D eigenvalue weighted by molar-refractivity contribution is 5.90. The maximum absolute atomic E-state index is 9.92. The Morgan fingerprint density at radius 3 is 2.56 bits per heavy atom. The molecule has 0 radical (unpaired) electrons. The fourth-order valence-corrected chi connectivity index (χ4v) is 4.42. The quantitative estimate of drug-likeness (QED) is 0.490. The first kappa shape index (κ1) is 22.1. The summed E-state index contributed by atoms with van der Waals surface area (Å²) < 4.78 is 5.10. The number of fused-ring (bicyclic) bond motifs is 1. The van der Waals surface area contributed by atoms with Crippen LogP contribution in [0.15, 0.2) is 42.5 Å². The number of aromatic hydroxyl groups is 1. The van der Waals surface area contributed by atoms with Crippen molar-refractivity contribution >= 4 is 22.7 Å². The summed E-state index contributed by atoms with van der Waals surface area (Å²) >= 11 is 0. The van der Waals surface area contributed by atoms with Crippen molar-refractivity contribution in [2.24, 2.45) is 5.92 Å². The molecule has 1 aliphatic rings. The molecule has 0 unspecified atom stereocenters. The number of para-hydroxylation sites is 1. The van der Waals surface area contributed by atoms with Crippen LogP contribution in [0.5, 0.6) is 11.5 Å². The number of methoxy groups -OCH3 is 1. The molecular weight excluding hydrogens is 402 g/mol. The Morgan fingerprint density at radius 1 is 1.06 bits per heavy atom. The summed E-state index contributed by atoms with van der Waals surface area (Å²) in [5.41, 5.74) is 2.03. The zero-order valence-electron chi connectivity index (χ0n) is 19.1. The zero-order valence-corrected chi connectivity index (χ0v) is 19.1. The van der Waals surface area contributed by atoms with Crippen LogP contribution in [-0.2, 0) is 6.54 Å². The smallest absolute Gasteiger partial charge is 0.225 e. The molecule has 3 aromatic rings. The van der Waals surface area contributed by atoms with E-state index in [1.165, 1.54) is 12.8 Å². The van der Waals surface area contributed by atoms with Crippen molar-refractivity contribution in [2.75, 3.05) is 38.0 Å². The number of aromatic nitrogens is 2. The van der Waals surface area contributed by atoms with Gasteiger partial charge in [-0.25, -0.2) is 4.98 Å². The fraction of sp³-hybridized carbons (Fsp3) is 0.440. The molecule has 3 N–H and O–H groups in total.